The van der Waals surface area contributed by atoms with Crippen LogP contribution >= 0.6 is 11.8 Å². The highest BCUT2D eigenvalue weighted by Gasteiger charge is 2.23. The maximum absolute atomic E-state index is 12.0. The van der Waals surface area contributed by atoms with Crippen molar-refractivity contribution in [1.29, 1.82) is 5.26 Å². The number of nitriles is 1. The van der Waals surface area contributed by atoms with E-state index in [1.807, 2.05) is 25.1 Å². The van der Waals surface area contributed by atoms with Gasteiger partial charge < -0.3 is 10.6 Å². The molecule has 1 atom stereocenters. The van der Waals surface area contributed by atoms with E-state index < -0.39 is 0 Å². The highest BCUT2D eigenvalue weighted by atomic mass is 32.2. The van der Waals surface area contributed by atoms with Gasteiger partial charge in [-0.15, -0.1) is 0 Å². The summed E-state index contributed by atoms with van der Waals surface area (Å²) in [6, 6.07) is 13.9. The van der Waals surface area contributed by atoms with Gasteiger partial charge in [0.2, 0.25) is 5.91 Å². The first kappa shape index (κ1) is 19.2. The number of hydrogen-bond donors (Lipinski definition) is 2. The fourth-order valence-electron chi connectivity index (χ4n) is 3.62. The smallest absolute Gasteiger partial charge is 0.234 e. The van der Waals surface area contributed by atoms with Crippen LogP contribution in [0.5, 0.6) is 0 Å². The summed E-state index contributed by atoms with van der Waals surface area (Å²) < 4.78 is 0. The summed E-state index contributed by atoms with van der Waals surface area (Å²) in [5, 5.41) is 16.5. The SMILES string of the molecule is CCSCC(=O)Nc1ccc2c(c1)CC(Nc1ncnc3ccc(C#N)cc13)C2. The Kier molecular flexibility index (Phi) is 5.63. The molecule has 0 bridgehead atoms. The molecule has 0 saturated heterocycles. The van der Waals surface area contributed by atoms with E-state index in [9.17, 15) is 10.1 Å². The summed E-state index contributed by atoms with van der Waals surface area (Å²) >= 11 is 1.61. The van der Waals surface area contributed by atoms with Gasteiger partial charge >= 0.3 is 0 Å². The summed E-state index contributed by atoms with van der Waals surface area (Å²) in [6.07, 6.45) is 3.28. The zero-order chi connectivity index (χ0) is 20.2. The molecule has 0 spiro atoms. The van der Waals surface area contributed by atoms with Gasteiger partial charge in [0, 0.05) is 17.1 Å². The monoisotopic (exact) mass is 403 g/mol. The number of rotatable bonds is 6. The molecule has 1 aliphatic carbocycles. The number of aromatic nitrogens is 2. The zero-order valence-electron chi connectivity index (χ0n) is 16.1. The Morgan fingerprint density at radius 2 is 2.07 bits per heavy atom. The molecule has 1 heterocycles. The first-order valence-corrected chi connectivity index (χ1v) is 10.7. The van der Waals surface area contributed by atoms with E-state index in [0.717, 1.165) is 41.0 Å². The minimum Gasteiger partial charge on any atom is -0.366 e. The summed E-state index contributed by atoms with van der Waals surface area (Å²) in [4.78, 5) is 20.7. The molecule has 2 N–H and O–H groups in total. The van der Waals surface area contributed by atoms with Crippen molar-refractivity contribution < 1.29 is 4.79 Å². The normalized spacial score (nSPS) is 15.0. The third-order valence-corrected chi connectivity index (χ3v) is 5.84. The number of fused-ring (bicyclic) bond motifs is 2. The van der Waals surface area contributed by atoms with Crippen molar-refractivity contribution in [1.82, 2.24) is 9.97 Å². The second-order valence-electron chi connectivity index (χ2n) is 6.98. The maximum atomic E-state index is 12.0. The average Bonchev–Trinajstić information content (AvgIpc) is 3.13. The number of nitrogens with one attached hydrogen (secondary N) is 2. The predicted octanol–water partition coefficient (Wildman–Crippen LogP) is 3.77. The summed E-state index contributed by atoms with van der Waals surface area (Å²) in [7, 11) is 0. The maximum Gasteiger partial charge on any atom is 0.234 e. The number of hydrogen-bond acceptors (Lipinski definition) is 6. The van der Waals surface area contributed by atoms with Crippen LogP contribution < -0.4 is 10.6 Å². The van der Waals surface area contributed by atoms with E-state index >= 15 is 0 Å². The lowest BCUT2D eigenvalue weighted by Crippen LogP contribution is -2.20. The topological polar surface area (TPSA) is 90.7 Å². The largest absolute Gasteiger partial charge is 0.366 e. The second kappa shape index (κ2) is 8.50. The molecule has 3 aromatic rings. The van der Waals surface area contributed by atoms with Crippen molar-refractivity contribution in [3.05, 3.63) is 59.4 Å². The van der Waals surface area contributed by atoms with Gasteiger partial charge in [-0.1, -0.05) is 13.0 Å². The van der Waals surface area contributed by atoms with Gasteiger partial charge in [-0.05, 0) is 60.1 Å². The number of amides is 1. The van der Waals surface area contributed by atoms with Gasteiger partial charge in [0.1, 0.15) is 12.1 Å². The minimum absolute atomic E-state index is 0.0326. The number of carbonyl (C=O) groups excluding carboxylic acids is 1. The van der Waals surface area contributed by atoms with E-state index in [-0.39, 0.29) is 11.9 Å². The van der Waals surface area contributed by atoms with Crippen LogP contribution in [-0.2, 0) is 17.6 Å². The van der Waals surface area contributed by atoms with Crippen LogP contribution in [0.2, 0.25) is 0 Å². The van der Waals surface area contributed by atoms with Crippen LogP contribution in [0.25, 0.3) is 10.9 Å². The Hall–Kier alpha value is -3.11. The van der Waals surface area contributed by atoms with Gasteiger partial charge in [-0.25, -0.2) is 9.97 Å². The average molecular weight is 404 g/mol. The van der Waals surface area contributed by atoms with Crippen LogP contribution in [0.3, 0.4) is 0 Å². The predicted molar refractivity (Wildman–Crippen MR) is 117 cm³/mol. The van der Waals surface area contributed by atoms with Crippen molar-refractivity contribution in [3.63, 3.8) is 0 Å². The van der Waals surface area contributed by atoms with Gasteiger partial charge in [0.05, 0.1) is 22.9 Å². The van der Waals surface area contributed by atoms with Crippen LogP contribution in [0.15, 0.2) is 42.7 Å². The van der Waals surface area contributed by atoms with Crippen LogP contribution in [0.1, 0.15) is 23.6 Å². The summed E-state index contributed by atoms with van der Waals surface area (Å²) in [5.41, 5.74) is 4.76. The van der Waals surface area contributed by atoms with Crippen molar-refractivity contribution >= 4 is 40.1 Å². The number of benzene rings is 2. The molecule has 1 aliphatic rings. The van der Waals surface area contributed by atoms with Gasteiger partial charge in [0.15, 0.2) is 0 Å². The number of thioether (sulfide) groups is 1. The summed E-state index contributed by atoms with van der Waals surface area (Å²) in [6.45, 7) is 2.04. The molecular formula is C22H21N5OS. The molecule has 0 saturated carbocycles. The third kappa shape index (κ3) is 4.33. The van der Waals surface area contributed by atoms with E-state index in [2.05, 4.69) is 38.8 Å². The summed E-state index contributed by atoms with van der Waals surface area (Å²) in [5.74, 6) is 2.18. The van der Waals surface area contributed by atoms with Crippen molar-refractivity contribution in [2.45, 2.75) is 25.8 Å². The Morgan fingerprint density at radius 1 is 1.21 bits per heavy atom. The number of nitrogens with zero attached hydrogens (tertiary/aromatic N) is 3. The minimum atomic E-state index is 0.0326. The van der Waals surface area contributed by atoms with Crippen LogP contribution in [0, 0.1) is 11.3 Å². The molecule has 29 heavy (non-hydrogen) atoms. The van der Waals surface area contributed by atoms with Crippen molar-refractivity contribution in [2.75, 3.05) is 22.1 Å². The highest BCUT2D eigenvalue weighted by Crippen LogP contribution is 2.29. The quantitative estimate of drug-likeness (QED) is 0.651. The number of carbonyl (C=O) groups is 1. The molecule has 1 aromatic heterocycles. The molecule has 2 aromatic carbocycles. The van der Waals surface area contributed by atoms with Crippen molar-refractivity contribution in [3.8, 4) is 6.07 Å². The lowest BCUT2D eigenvalue weighted by molar-refractivity contribution is -0.113. The Bertz CT molecular complexity index is 1110. The van der Waals surface area contributed by atoms with Gasteiger partial charge in [-0.3, -0.25) is 4.79 Å². The van der Waals surface area contributed by atoms with E-state index in [0.29, 0.717) is 11.3 Å². The molecule has 4 rings (SSSR count). The van der Waals surface area contributed by atoms with Gasteiger partial charge in [-0.2, -0.15) is 17.0 Å². The van der Waals surface area contributed by atoms with E-state index in [1.54, 1.807) is 24.2 Å². The lowest BCUT2D eigenvalue weighted by atomic mass is 10.1. The standard InChI is InChI=1S/C22H21N5OS/c1-2-29-12-21(28)26-17-5-4-15-8-18(10-16(15)9-17)27-22-19-7-14(11-23)3-6-20(19)24-13-25-22/h3-7,9,13,18H,2,8,10,12H2,1H3,(H,26,28)(H,24,25,27). The lowest BCUT2D eigenvalue weighted by Gasteiger charge is -2.14. The molecule has 7 heteroatoms. The second-order valence-corrected chi connectivity index (χ2v) is 8.26. The Morgan fingerprint density at radius 3 is 2.90 bits per heavy atom. The van der Waals surface area contributed by atoms with Gasteiger partial charge in [0.25, 0.3) is 0 Å². The van der Waals surface area contributed by atoms with E-state index in [4.69, 9.17) is 0 Å². The molecule has 146 valence electrons. The first-order chi connectivity index (χ1) is 14.2. The Balaban J connectivity index is 1.48. The molecule has 0 fully saturated rings. The molecule has 6 nitrogen and oxygen atoms in total. The zero-order valence-corrected chi connectivity index (χ0v) is 16.9. The fourth-order valence-corrected chi connectivity index (χ4v) is 4.09. The van der Waals surface area contributed by atoms with Crippen LogP contribution in [-0.4, -0.2) is 33.4 Å². The Labute approximate surface area is 173 Å². The first-order valence-electron chi connectivity index (χ1n) is 9.57. The van der Waals surface area contributed by atoms with E-state index in [1.165, 1.54) is 11.1 Å². The molecule has 0 aliphatic heterocycles. The molecular weight excluding hydrogens is 382 g/mol. The molecule has 1 amide bonds. The fraction of sp³-hybridized carbons (Fsp3) is 0.273. The highest BCUT2D eigenvalue weighted by molar-refractivity contribution is 7.99. The molecule has 0 radical (unpaired) electrons. The van der Waals surface area contributed by atoms with Crippen molar-refractivity contribution in [2.24, 2.45) is 0 Å². The third-order valence-electron chi connectivity index (χ3n) is 4.97. The molecule has 1 unspecified atom stereocenters. The number of anilines is 2. The van der Waals surface area contributed by atoms with Crippen LogP contribution in [0.4, 0.5) is 11.5 Å².